The summed E-state index contributed by atoms with van der Waals surface area (Å²) in [5.41, 5.74) is 0.484. The normalized spacial score (nSPS) is 11.8. The molecule has 0 aliphatic heterocycles. The van der Waals surface area contributed by atoms with Gasteiger partial charge in [-0.25, -0.2) is 9.59 Å². The zero-order chi connectivity index (χ0) is 16.0. The van der Waals surface area contributed by atoms with Gasteiger partial charge in [0.05, 0.1) is 16.3 Å². The Hall–Kier alpha value is -1.40. The number of hydrogen-bond acceptors (Lipinski definition) is 3. The van der Waals surface area contributed by atoms with Crippen molar-refractivity contribution in [1.82, 2.24) is 4.90 Å². The molecule has 5 nitrogen and oxygen atoms in total. The quantitative estimate of drug-likeness (QED) is 0.835. The first-order valence-electron chi connectivity index (χ1n) is 6.46. The number of rotatable bonds is 6. The number of nitrogens with one attached hydrogen (secondary N) is 1. The van der Waals surface area contributed by atoms with Crippen LogP contribution in [0.4, 0.5) is 10.5 Å². The van der Waals surface area contributed by atoms with Gasteiger partial charge in [0.2, 0.25) is 0 Å². The summed E-state index contributed by atoms with van der Waals surface area (Å²) in [4.78, 5) is 24.7. The first-order valence-corrected chi connectivity index (χ1v) is 8.23. The number of aromatic carboxylic acids is 1. The van der Waals surface area contributed by atoms with E-state index in [0.29, 0.717) is 5.69 Å². The van der Waals surface area contributed by atoms with E-state index in [4.69, 9.17) is 16.7 Å². The van der Waals surface area contributed by atoms with Crippen molar-refractivity contribution in [3.05, 3.63) is 28.8 Å². The maximum absolute atomic E-state index is 12.2. The Morgan fingerprint density at radius 2 is 2.14 bits per heavy atom. The second-order valence-electron chi connectivity index (χ2n) is 4.56. The Morgan fingerprint density at radius 1 is 1.48 bits per heavy atom. The van der Waals surface area contributed by atoms with Gasteiger partial charge in [-0.15, -0.1) is 0 Å². The molecule has 0 fully saturated rings. The van der Waals surface area contributed by atoms with Gasteiger partial charge in [-0.2, -0.15) is 11.8 Å². The fourth-order valence-corrected chi connectivity index (χ4v) is 2.89. The number of carbonyl (C=O) groups excluding carboxylic acids is 1. The lowest BCUT2D eigenvalue weighted by atomic mass is 10.2. The summed E-state index contributed by atoms with van der Waals surface area (Å²) >= 11 is 7.68. The average Bonchev–Trinajstić information content (AvgIpc) is 2.45. The van der Waals surface area contributed by atoms with E-state index in [1.807, 2.05) is 13.2 Å². The lowest BCUT2D eigenvalue weighted by Gasteiger charge is -2.27. The van der Waals surface area contributed by atoms with E-state index in [1.54, 1.807) is 23.7 Å². The molecule has 0 aromatic heterocycles. The van der Waals surface area contributed by atoms with Crippen LogP contribution in [0.25, 0.3) is 0 Å². The number of carboxylic acid groups (broad SMARTS) is 1. The second kappa shape index (κ2) is 8.14. The summed E-state index contributed by atoms with van der Waals surface area (Å²) in [5.74, 6) is -0.204. The number of amides is 2. The van der Waals surface area contributed by atoms with Crippen molar-refractivity contribution < 1.29 is 14.7 Å². The summed E-state index contributed by atoms with van der Waals surface area (Å²) in [6.07, 6.45) is 2.85. The van der Waals surface area contributed by atoms with Crippen LogP contribution < -0.4 is 5.32 Å². The molecule has 1 atom stereocenters. The van der Waals surface area contributed by atoms with Gasteiger partial charge in [0, 0.05) is 18.8 Å². The van der Waals surface area contributed by atoms with Gasteiger partial charge < -0.3 is 15.3 Å². The predicted octanol–water partition coefficient (Wildman–Crippen LogP) is 3.64. The van der Waals surface area contributed by atoms with Gasteiger partial charge in [-0.3, -0.25) is 0 Å². The molecule has 1 unspecified atom stereocenters. The molecule has 0 bridgehead atoms. The van der Waals surface area contributed by atoms with Crippen molar-refractivity contribution in [1.29, 1.82) is 0 Å². The monoisotopic (exact) mass is 330 g/mol. The van der Waals surface area contributed by atoms with Crippen molar-refractivity contribution >= 4 is 41.1 Å². The molecule has 7 heteroatoms. The number of halogens is 1. The summed E-state index contributed by atoms with van der Waals surface area (Å²) in [6.45, 7) is 2.03. The van der Waals surface area contributed by atoms with E-state index in [1.165, 1.54) is 18.2 Å². The fraction of sp³-hybridized carbons (Fsp3) is 0.429. The molecule has 0 spiro atoms. The molecule has 0 heterocycles. The minimum atomic E-state index is -1.06. The Morgan fingerprint density at radius 3 is 2.62 bits per heavy atom. The molecular weight excluding hydrogens is 312 g/mol. The standard InChI is InChI=1S/C14H19ClN2O3S/c1-4-10(8-21-3)17(2)14(20)16-12-6-5-9(13(18)19)7-11(12)15/h5-7,10H,4,8H2,1-3H3,(H,16,20)(H,18,19). The number of benzene rings is 1. The van der Waals surface area contributed by atoms with Gasteiger partial charge in [0.25, 0.3) is 0 Å². The van der Waals surface area contributed by atoms with Crippen LogP contribution in [0.15, 0.2) is 18.2 Å². The second-order valence-corrected chi connectivity index (χ2v) is 5.88. The van der Waals surface area contributed by atoms with Crippen molar-refractivity contribution in [2.75, 3.05) is 24.4 Å². The Kier molecular flexibility index (Phi) is 6.84. The average molecular weight is 331 g/mol. The van der Waals surface area contributed by atoms with Crippen molar-refractivity contribution in [2.24, 2.45) is 0 Å². The van der Waals surface area contributed by atoms with Gasteiger partial charge in [0.15, 0.2) is 0 Å². The van der Waals surface area contributed by atoms with Crippen LogP contribution >= 0.6 is 23.4 Å². The minimum Gasteiger partial charge on any atom is -0.478 e. The number of urea groups is 1. The van der Waals surface area contributed by atoms with Crippen LogP contribution in [-0.4, -0.2) is 47.1 Å². The Balaban J connectivity index is 2.81. The topological polar surface area (TPSA) is 69.6 Å². The fourth-order valence-electron chi connectivity index (χ4n) is 1.81. The first-order chi connectivity index (χ1) is 9.90. The molecule has 21 heavy (non-hydrogen) atoms. The summed E-state index contributed by atoms with van der Waals surface area (Å²) < 4.78 is 0. The highest BCUT2D eigenvalue weighted by molar-refractivity contribution is 7.98. The number of anilines is 1. The van der Waals surface area contributed by atoms with Crippen molar-refractivity contribution in [3.63, 3.8) is 0 Å². The molecular formula is C14H19ClN2O3S. The smallest absolute Gasteiger partial charge is 0.335 e. The van der Waals surface area contributed by atoms with E-state index in [0.717, 1.165) is 12.2 Å². The van der Waals surface area contributed by atoms with Crippen LogP contribution in [0.2, 0.25) is 5.02 Å². The van der Waals surface area contributed by atoms with Crippen molar-refractivity contribution in [2.45, 2.75) is 19.4 Å². The van der Waals surface area contributed by atoms with Crippen LogP contribution in [0.5, 0.6) is 0 Å². The molecule has 1 rings (SSSR count). The van der Waals surface area contributed by atoms with Crippen LogP contribution in [0.3, 0.4) is 0 Å². The molecule has 0 radical (unpaired) electrons. The molecule has 0 saturated heterocycles. The Bertz CT molecular complexity index is 525. The Labute approximate surface area is 133 Å². The molecule has 116 valence electrons. The number of thioether (sulfide) groups is 1. The highest BCUT2D eigenvalue weighted by atomic mass is 35.5. The van der Waals surface area contributed by atoms with Crippen molar-refractivity contribution in [3.8, 4) is 0 Å². The zero-order valence-corrected chi connectivity index (χ0v) is 13.8. The summed E-state index contributed by atoms with van der Waals surface area (Å²) in [6, 6.07) is 4.09. The van der Waals surface area contributed by atoms with Gasteiger partial charge in [0.1, 0.15) is 0 Å². The summed E-state index contributed by atoms with van der Waals surface area (Å²) in [5, 5.41) is 11.8. The molecule has 1 aromatic carbocycles. The maximum atomic E-state index is 12.2. The number of carbonyl (C=O) groups is 2. The summed E-state index contributed by atoms with van der Waals surface area (Å²) in [7, 11) is 1.74. The molecule has 0 aliphatic carbocycles. The third kappa shape index (κ3) is 4.82. The third-order valence-electron chi connectivity index (χ3n) is 3.16. The van der Waals surface area contributed by atoms with E-state index in [-0.39, 0.29) is 22.7 Å². The minimum absolute atomic E-state index is 0.0835. The maximum Gasteiger partial charge on any atom is 0.335 e. The zero-order valence-electron chi connectivity index (χ0n) is 12.2. The van der Waals surface area contributed by atoms with Crippen LogP contribution in [0, 0.1) is 0 Å². The van der Waals surface area contributed by atoms with E-state index >= 15 is 0 Å². The van der Waals surface area contributed by atoms with Crippen LogP contribution in [0.1, 0.15) is 23.7 Å². The highest BCUT2D eigenvalue weighted by Gasteiger charge is 2.19. The predicted molar refractivity (Wildman–Crippen MR) is 87.7 cm³/mol. The van der Waals surface area contributed by atoms with Gasteiger partial charge in [-0.1, -0.05) is 18.5 Å². The highest BCUT2D eigenvalue weighted by Crippen LogP contribution is 2.23. The largest absolute Gasteiger partial charge is 0.478 e. The molecule has 0 saturated carbocycles. The molecule has 0 aliphatic rings. The molecule has 2 N–H and O–H groups in total. The number of hydrogen-bond donors (Lipinski definition) is 2. The number of carboxylic acids is 1. The third-order valence-corrected chi connectivity index (χ3v) is 4.19. The van der Waals surface area contributed by atoms with E-state index in [9.17, 15) is 9.59 Å². The lowest BCUT2D eigenvalue weighted by Crippen LogP contribution is -2.41. The lowest BCUT2D eigenvalue weighted by molar-refractivity contribution is 0.0697. The SMILES string of the molecule is CCC(CSC)N(C)C(=O)Nc1ccc(C(=O)O)cc1Cl. The van der Waals surface area contributed by atoms with Gasteiger partial charge in [-0.05, 0) is 30.9 Å². The van der Waals surface area contributed by atoms with E-state index in [2.05, 4.69) is 5.32 Å². The molecule has 1 aromatic rings. The van der Waals surface area contributed by atoms with Crippen LogP contribution in [-0.2, 0) is 0 Å². The number of nitrogens with zero attached hydrogens (tertiary/aromatic N) is 1. The van der Waals surface area contributed by atoms with E-state index < -0.39 is 5.97 Å². The first kappa shape index (κ1) is 17.7. The van der Waals surface area contributed by atoms with Gasteiger partial charge >= 0.3 is 12.0 Å². The molecule has 2 amide bonds.